The molecule has 0 aromatic rings. The number of hydrogen-bond donors (Lipinski definition) is 1. The van der Waals surface area contributed by atoms with Crippen molar-refractivity contribution < 1.29 is 9.53 Å². The van der Waals surface area contributed by atoms with Gasteiger partial charge in [0.1, 0.15) is 0 Å². The molecule has 1 N–H and O–H groups in total. The predicted molar refractivity (Wildman–Crippen MR) is 51.4 cm³/mol. The number of rotatable bonds is 4. The van der Waals surface area contributed by atoms with Gasteiger partial charge in [0.05, 0.1) is 13.2 Å². The maximum Gasteiger partial charge on any atom is 0.210 e. The molecule has 1 heterocycles. The maximum atomic E-state index is 11.4. The minimum atomic E-state index is 0.0633. The van der Waals surface area contributed by atoms with Gasteiger partial charge in [-0.3, -0.25) is 4.79 Å². The Labute approximate surface area is 79.2 Å². The Morgan fingerprint density at radius 2 is 2.46 bits per heavy atom. The highest BCUT2D eigenvalue weighted by atomic mass is 16.5. The highest BCUT2D eigenvalue weighted by Crippen LogP contribution is 2.10. The van der Waals surface area contributed by atoms with Gasteiger partial charge in [-0.15, -0.1) is 0 Å². The van der Waals surface area contributed by atoms with Gasteiger partial charge >= 0.3 is 0 Å². The van der Waals surface area contributed by atoms with Crippen molar-refractivity contribution in [2.75, 3.05) is 13.2 Å². The average molecular weight is 183 g/mol. The lowest BCUT2D eigenvalue weighted by atomic mass is 10.2. The van der Waals surface area contributed by atoms with Crippen LogP contribution in [0.15, 0.2) is 11.8 Å². The summed E-state index contributed by atoms with van der Waals surface area (Å²) in [5, 5.41) is 3.07. The second-order valence-electron chi connectivity index (χ2n) is 3.52. The molecule has 0 saturated carbocycles. The lowest BCUT2D eigenvalue weighted by molar-refractivity contribution is -0.118. The van der Waals surface area contributed by atoms with Crippen molar-refractivity contribution in [3.8, 4) is 0 Å². The normalized spacial score (nSPS) is 16.7. The molecule has 0 amide bonds. The van der Waals surface area contributed by atoms with Crippen molar-refractivity contribution in [1.29, 1.82) is 0 Å². The maximum absolute atomic E-state index is 11.4. The molecule has 0 saturated heterocycles. The first-order valence-electron chi connectivity index (χ1n) is 4.79. The topological polar surface area (TPSA) is 38.3 Å². The SMILES string of the molecule is CC(C)NCC(=O)C1=CCCCO1. The summed E-state index contributed by atoms with van der Waals surface area (Å²) in [6, 6.07) is 0.341. The van der Waals surface area contributed by atoms with Gasteiger partial charge in [-0.1, -0.05) is 13.8 Å². The van der Waals surface area contributed by atoms with E-state index in [-0.39, 0.29) is 5.78 Å². The molecule has 0 atom stereocenters. The van der Waals surface area contributed by atoms with E-state index >= 15 is 0 Å². The summed E-state index contributed by atoms with van der Waals surface area (Å²) in [7, 11) is 0. The molecule has 0 aromatic carbocycles. The number of hydrogen-bond acceptors (Lipinski definition) is 3. The number of allylic oxidation sites excluding steroid dienone is 1. The van der Waals surface area contributed by atoms with E-state index in [0.717, 1.165) is 12.8 Å². The molecule has 1 aliphatic rings. The third kappa shape index (κ3) is 3.59. The van der Waals surface area contributed by atoms with Crippen LogP contribution in [-0.4, -0.2) is 25.0 Å². The number of ketones is 1. The van der Waals surface area contributed by atoms with Gasteiger partial charge in [-0.2, -0.15) is 0 Å². The van der Waals surface area contributed by atoms with E-state index in [1.807, 2.05) is 19.9 Å². The van der Waals surface area contributed by atoms with Crippen molar-refractivity contribution >= 4 is 5.78 Å². The zero-order chi connectivity index (χ0) is 9.68. The first-order valence-corrected chi connectivity index (χ1v) is 4.79. The summed E-state index contributed by atoms with van der Waals surface area (Å²) in [6.07, 6.45) is 3.87. The first kappa shape index (κ1) is 10.3. The van der Waals surface area contributed by atoms with Gasteiger partial charge in [-0.25, -0.2) is 0 Å². The summed E-state index contributed by atoms with van der Waals surface area (Å²) in [6.45, 7) is 5.09. The molecule has 0 bridgehead atoms. The van der Waals surface area contributed by atoms with E-state index in [9.17, 15) is 4.79 Å². The summed E-state index contributed by atoms with van der Waals surface area (Å²) in [4.78, 5) is 11.4. The van der Waals surface area contributed by atoms with Crippen LogP contribution in [0.5, 0.6) is 0 Å². The number of carbonyl (C=O) groups excluding carboxylic acids is 1. The molecule has 13 heavy (non-hydrogen) atoms. The van der Waals surface area contributed by atoms with Crippen molar-refractivity contribution in [2.24, 2.45) is 0 Å². The zero-order valence-corrected chi connectivity index (χ0v) is 8.30. The Morgan fingerprint density at radius 1 is 1.69 bits per heavy atom. The Bertz CT molecular complexity index is 209. The van der Waals surface area contributed by atoms with Crippen molar-refractivity contribution in [3.05, 3.63) is 11.8 Å². The van der Waals surface area contributed by atoms with Gasteiger partial charge < -0.3 is 10.1 Å². The van der Waals surface area contributed by atoms with E-state index < -0.39 is 0 Å². The summed E-state index contributed by atoms with van der Waals surface area (Å²) in [5.74, 6) is 0.604. The van der Waals surface area contributed by atoms with Gasteiger partial charge in [0.2, 0.25) is 5.78 Å². The summed E-state index contributed by atoms with van der Waals surface area (Å²) in [5.41, 5.74) is 0. The van der Waals surface area contributed by atoms with Crippen LogP contribution in [0.25, 0.3) is 0 Å². The summed E-state index contributed by atoms with van der Waals surface area (Å²) >= 11 is 0. The smallest absolute Gasteiger partial charge is 0.210 e. The Kier molecular flexibility index (Phi) is 3.96. The number of ether oxygens (including phenoxy) is 1. The number of nitrogens with one attached hydrogen (secondary N) is 1. The lowest BCUT2D eigenvalue weighted by Crippen LogP contribution is -2.30. The van der Waals surface area contributed by atoms with Gasteiger partial charge in [0.25, 0.3) is 0 Å². The van der Waals surface area contributed by atoms with Crippen molar-refractivity contribution in [1.82, 2.24) is 5.32 Å². The molecule has 3 heteroatoms. The molecule has 0 radical (unpaired) electrons. The standard InChI is InChI=1S/C10H17NO2/c1-8(2)11-7-9(12)10-5-3-4-6-13-10/h5,8,11H,3-4,6-7H2,1-2H3. The van der Waals surface area contributed by atoms with E-state index in [4.69, 9.17) is 4.74 Å². The molecule has 0 spiro atoms. The molecule has 0 unspecified atom stereocenters. The Morgan fingerprint density at radius 3 is 3.00 bits per heavy atom. The van der Waals surface area contributed by atoms with E-state index in [1.54, 1.807) is 0 Å². The van der Waals surface area contributed by atoms with Gasteiger partial charge in [0, 0.05) is 6.04 Å². The van der Waals surface area contributed by atoms with Crippen LogP contribution in [0.1, 0.15) is 26.7 Å². The molecule has 3 nitrogen and oxygen atoms in total. The van der Waals surface area contributed by atoms with Crippen LogP contribution in [-0.2, 0) is 9.53 Å². The highest BCUT2D eigenvalue weighted by molar-refractivity contribution is 5.95. The Hall–Kier alpha value is -0.830. The molecule has 1 aliphatic heterocycles. The van der Waals surface area contributed by atoms with Crippen molar-refractivity contribution in [3.63, 3.8) is 0 Å². The minimum absolute atomic E-state index is 0.0633. The number of carbonyl (C=O) groups is 1. The fourth-order valence-electron chi connectivity index (χ4n) is 1.14. The van der Waals surface area contributed by atoms with Crippen LogP contribution in [0, 0.1) is 0 Å². The third-order valence-corrected chi connectivity index (χ3v) is 1.88. The number of Topliss-reactive ketones (excluding diaryl/α,β-unsaturated/α-hetero) is 1. The largest absolute Gasteiger partial charge is 0.490 e. The molecule has 74 valence electrons. The average Bonchev–Trinajstić information content (AvgIpc) is 2.15. The first-order chi connectivity index (χ1) is 6.20. The molecular formula is C10H17NO2. The summed E-state index contributed by atoms with van der Waals surface area (Å²) < 4.78 is 5.24. The molecule has 0 aromatic heterocycles. The quantitative estimate of drug-likeness (QED) is 0.712. The molecule has 0 aliphatic carbocycles. The van der Waals surface area contributed by atoms with E-state index in [0.29, 0.717) is 25.0 Å². The second-order valence-corrected chi connectivity index (χ2v) is 3.52. The monoisotopic (exact) mass is 183 g/mol. The fourth-order valence-corrected chi connectivity index (χ4v) is 1.14. The van der Waals surface area contributed by atoms with Crippen LogP contribution in [0.3, 0.4) is 0 Å². The fraction of sp³-hybridized carbons (Fsp3) is 0.700. The third-order valence-electron chi connectivity index (χ3n) is 1.88. The van der Waals surface area contributed by atoms with Crippen LogP contribution < -0.4 is 5.32 Å². The second kappa shape index (κ2) is 5.02. The van der Waals surface area contributed by atoms with E-state index in [1.165, 1.54) is 0 Å². The highest BCUT2D eigenvalue weighted by Gasteiger charge is 2.13. The van der Waals surface area contributed by atoms with Gasteiger partial charge in [0.15, 0.2) is 5.76 Å². The Balaban J connectivity index is 2.34. The molecule has 1 rings (SSSR count). The zero-order valence-electron chi connectivity index (χ0n) is 8.30. The predicted octanol–water partition coefficient (Wildman–Crippen LogP) is 1.25. The van der Waals surface area contributed by atoms with E-state index in [2.05, 4.69) is 5.32 Å². The van der Waals surface area contributed by atoms with Crippen LogP contribution >= 0.6 is 0 Å². The lowest BCUT2D eigenvalue weighted by Gasteiger charge is -2.14. The van der Waals surface area contributed by atoms with Gasteiger partial charge in [-0.05, 0) is 18.9 Å². The van der Waals surface area contributed by atoms with Crippen LogP contribution in [0.2, 0.25) is 0 Å². The molecule has 0 fully saturated rings. The van der Waals surface area contributed by atoms with Crippen LogP contribution in [0.4, 0.5) is 0 Å². The van der Waals surface area contributed by atoms with Crippen molar-refractivity contribution in [2.45, 2.75) is 32.7 Å². The minimum Gasteiger partial charge on any atom is -0.490 e. The molecular weight excluding hydrogens is 166 g/mol.